The second kappa shape index (κ2) is 4.78. The van der Waals surface area contributed by atoms with E-state index in [2.05, 4.69) is 62.4 Å². The van der Waals surface area contributed by atoms with Crippen LogP contribution < -0.4 is 0 Å². The van der Waals surface area contributed by atoms with Crippen molar-refractivity contribution in [2.45, 2.75) is 20.3 Å². The molecule has 0 unspecified atom stereocenters. The predicted molar refractivity (Wildman–Crippen MR) is 96.6 cm³/mol. The minimum atomic E-state index is 0.896. The minimum absolute atomic E-state index is 0.896. The number of aromatic nitrogens is 3. The number of hydrogen-bond acceptors (Lipinski definition) is 2. The fourth-order valence-electron chi connectivity index (χ4n) is 3.75. The molecule has 0 amide bonds. The minimum Gasteiger partial charge on any atom is -0.229 e. The second-order valence-corrected chi connectivity index (χ2v) is 6.47. The van der Waals surface area contributed by atoms with Crippen molar-refractivity contribution < 1.29 is 0 Å². The van der Waals surface area contributed by atoms with Gasteiger partial charge >= 0.3 is 0 Å². The fourth-order valence-corrected chi connectivity index (χ4v) is 3.75. The molecule has 2 aromatic carbocycles. The second-order valence-electron chi connectivity index (χ2n) is 6.47. The lowest BCUT2D eigenvalue weighted by Crippen LogP contribution is -2.03. The van der Waals surface area contributed by atoms with Crippen molar-refractivity contribution in [2.75, 3.05) is 0 Å². The molecular weight excluding hydrogens is 294 g/mol. The van der Waals surface area contributed by atoms with Crippen LogP contribution in [0.2, 0.25) is 0 Å². The molecule has 24 heavy (non-hydrogen) atoms. The third-order valence-electron chi connectivity index (χ3n) is 4.95. The molecule has 0 bridgehead atoms. The van der Waals surface area contributed by atoms with E-state index in [1.165, 1.54) is 33.3 Å². The highest BCUT2D eigenvalue weighted by molar-refractivity contribution is 5.83. The van der Waals surface area contributed by atoms with Gasteiger partial charge in [-0.15, -0.1) is 0 Å². The average Bonchev–Trinajstić information content (AvgIpc) is 3.13. The van der Waals surface area contributed by atoms with Gasteiger partial charge in [-0.05, 0) is 37.1 Å². The molecule has 116 valence electrons. The molecule has 1 aliphatic carbocycles. The number of rotatable bonds is 1. The van der Waals surface area contributed by atoms with Gasteiger partial charge in [-0.25, -0.2) is 9.67 Å². The molecule has 2 heterocycles. The molecule has 0 aliphatic heterocycles. The standard InChI is InChI=1S/C21H17N3/c1-13-11-20(22-19-10-6-5-8-16(13)19)24-21-17-9-4-3-7-15(17)12-18(21)14(2)23-24/h3-11H,12H2,1-2H3. The zero-order valence-corrected chi connectivity index (χ0v) is 13.7. The van der Waals surface area contributed by atoms with E-state index in [0.717, 1.165) is 23.4 Å². The van der Waals surface area contributed by atoms with Crippen LogP contribution in [0.5, 0.6) is 0 Å². The maximum atomic E-state index is 4.87. The molecule has 0 N–H and O–H groups in total. The molecule has 0 radical (unpaired) electrons. The Balaban J connectivity index is 1.80. The van der Waals surface area contributed by atoms with Crippen LogP contribution in [0, 0.1) is 13.8 Å². The van der Waals surface area contributed by atoms with Gasteiger partial charge in [0.2, 0.25) is 0 Å². The van der Waals surface area contributed by atoms with E-state index in [1.807, 2.05) is 10.7 Å². The Hall–Kier alpha value is -2.94. The molecule has 4 aromatic rings. The fraction of sp³-hybridized carbons (Fsp3) is 0.143. The molecule has 0 saturated heterocycles. The maximum Gasteiger partial charge on any atom is 0.155 e. The summed E-state index contributed by atoms with van der Waals surface area (Å²) < 4.78 is 2.02. The summed E-state index contributed by atoms with van der Waals surface area (Å²) in [7, 11) is 0. The number of aryl methyl sites for hydroxylation is 2. The van der Waals surface area contributed by atoms with Crippen molar-refractivity contribution in [2.24, 2.45) is 0 Å². The van der Waals surface area contributed by atoms with Crippen LogP contribution in [-0.4, -0.2) is 14.8 Å². The van der Waals surface area contributed by atoms with Crippen molar-refractivity contribution in [3.8, 4) is 17.1 Å². The highest BCUT2D eigenvalue weighted by Crippen LogP contribution is 2.39. The lowest BCUT2D eigenvalue weighted by atomic mass is 10.1. The molecule has 3 nitrogen and oxygen atoms in total. The zero-order valence-electron chi connectivity index (χ0n) is 13.7. The smallest absolute Gasteiger partial charge is 0.155 e. The van der Waals surface area contributed by atoms with Gasteiger partial charge in [-0.3, -0.25) is 0 Å². The quantitative estimate of drug-likeness (QED) is 0.452. The lowest BCUT2D eigenvalue weighted by Gasteiger charge is -2.10. The molecule has 3 heteroatoms. The summed E-state index contributed by atoms with van der Waals surface area (Å²) in [6, 6.07) is 19.0. The Labute approximate surface area is 140 Å². The van der Waals surface area contributed by atoms with Crippen molar-refractivity contribution in [3.63, 3.8) is 0 Å². The van der Waals surface area contributed by atoms with Crippen LogP contribution >= 0.6 is 0 Å². The Morgan fingerprint density at radius 2 is 1.75 bits per heavy atom. The molecule has 2 aromatic heterocycles. The summed E-state index contributed by atoms with van der Waals surface area (Å²) >= 11 is 0. The van der Waals surface area contributed by atoms with Crippen LogP contribution in [0.4, 0.5) is 0 Å². The maximum absolute atomic E-state index is 4.87. The molecule has 0 spiro atoms. The molecular formula is C21H17N3. The van der Waals surface area contributed by atoms with Gasteiger partial charge in [0.15, 0.2) is 5.82 Å². The normalized spacial score (nSPS) is 12.4. The molecule has 0 saturated carbocycles. The van der Waals surface area contributed by atoms with Crippen LogP contribution in [-0.2, 0) is 6.42 Å². The van der Waals surface area contributed by atoms with E-state index in [9.17, 15) is 0 Å². The highest BCUT2D eigenvalue weighted by atomic mass is 15.3. The monoisotopic (exact) mass is 311 g/mol. The first-order valence-electron chi connectivity index (χ1n) is 8.26. The van der Waals surface area contributed by atoms with Gasteiger partial charge in [0, 0.05) is 22.9 Å². The highest BCUT2D eigenvalue weighted by Gasteiger charge is 2.26. The average molecular weight is 311 g/mol. The van der Waals surface area contributed by atoms with Crippen molar-refractivity contribution >= 4 is 10.9 Å². The van der Waals surface area contributed by atoms with E-state index in [0.29, 0.717) is 0 Å². The van der Waals surface area contributed by atoms with Crippen LogP contribution in [0.15, 0.2) is 54.6 Å². The van der Waals surface area contributed by atoms with Gasteiger partial charge < -0.3 is 0 Å². The summed E-state index contributed by atoms with van der Waals surface area (Å²) in [5.41, 5.74) is 8.51. The summed E-state index contributed by atoms with van der Waals surface area (Å²) in [5, 5.41) is 6.00. The van der Waals surface area contributed by atoms with E-state index in [1.54, 1.807) is 0 Å². The van der Waals surface area contributed by atoms with Crippen LogP contribution in [0.3, 0.4) is 0 Å². The number of nitrogens with zero attached hydrogens (tertiary/aromatic N) is 3. The summed E-state index contributed by atoms with van der Waals surface area (Å²) in [6.45, 7) is 4.23. The first-order chi connectivity index (χ1) is 11.7. The molecule has 1 aliphatic rings. The first kappa shape index (κ1) is 13.5. The first-order valence-corrected chi connectivity index (χ1v) is 8.26. The number of benzene rings is 2. The Bertz CT molecular complexity index is 1110. The SMILES string of the molecule is Cc1nn(-c2cc(C)c3ccccc3n2)c2c1Cc1ccccc1-2. The van der Waals surface area contributed by atoms with Crippen LogP contribution in [0.25, 0.3) is 28.0 Å². The zero-order chi connectivity index (χ0) is 16.3. The number of para-hydroxylation sites is 1. The lowest BCUT2D eigenvalue weighted by molar-refractivity contribution is 0.841. The molecule has 0 fully saturated rings. The van der Waals surface area contributed by atoms with E-state index >= 15 is 0 Å². The summed E-state index contributed by atoms with van der Waals surface area (Å²) in [5.74, 6) is 0.896. The molecule has 5 rings (SSSR count). The van der Waals surface area contributed by atoms with Gasteiger partial charge in [-0.1, -0.05) is 42.5 Å². The molecule has 0 atom stereocenters. The van der Waals surface area contributed by atoms with E-state index in [4.69, 9.17) is 10.1 Å². The number of fused-ring (bicyclic) bond motifs is 4. The van der Waals surface area contributed by atoms with Gasteiger partial charge in [0.05, 0.1) is 16.9 Å². The van der Waals surface area contributed by atoms with E-state index < -0.39 is 0 Å². The Kier molecular flexibility index (Phi) is 2.69. The van der Waals surface area contributed by atoms with Crippen molar-refractivity contribution in [1.29, 1.82) is 0 Å². The third-order valence-corrected chi connectivity index (χ3v) is 4.95. The number of pyridine rings is 1. The van der Waals surface area contributed by atoms with Crippen molar-refractivity contribution in [1.82, 2.24) is 14.8 Å². The Morgan fingerprint density at radius 1 is 0.958 bits per heavy atom. The third kappa shape index (κ3) is 1.78. The van der Waals surface area contributed by atoms with Gasteiger partial charge in [0.1, 0.15) is 0 Å². The summed E-state index contributed by atoms with van der Waals surface area (Å²) in [6.07, 6.45) is 0.962. The summed E-state index contributed by atoms with van der Waals surface area (Å²) in [4.78, 5) is 4.87. The van der Waals surface area contributed by atoms with E-state index in [-0.39, 0.29) is 0 Å². The number of hydrogen-bond donors (Lipinski definition) is 0. The largest absolute Gasteiger partial charge is 0.229 e. The predicted octanol–water partition coefficient (Wildman–Crippen LogP) is 4.61. The Morgan fingerprint density at radius 3 is 2.67 bits per heavy atom. The van der Waals surface area contributed by atoms with Gasteiger partial charge in [0.25, 0.3) is 0 Å². The topological polar surface area (TPSA) is 30.7 Å². The van der Waals surface area contributed by atoms with Crippen molar-refractivity contribution in [3.05, 3.63) is 77.0 Å². The van der Waals surface area contributed by atoms with Crippen LogP contribution in [0.1, 0.15) is 22.4 Å². The van der Waals surface area contributed by atoms with Gasteiger partial charge in [-0.2, -0.15) is 5.10 Å².